The predicted octanol–water partition coefficient (Wildman–Crippen LogP) is 1.89. The molecule has 0 amide bonds. The SMILES string of the molecule is CN[C@H]1CCS(=O)(=O)c2ccc(Br)cc21. The van der Waals surface area contributed by atoms with E-state index in [-0.39, 0.29) is 11.8 Å². The van der Waals surface area contributed by atoms with E-state index >= 15 is 0 Å². The fourth-order valence-corrected chi connectivity index (χ4v) is 3.89. The number of nitrogens with one attached hydrogen (secondary N) is 1. The number of benzene rings is 1. The molecule has 1 N–H and O–H groups in total. The Balaban J connectivity index is 2.64. The van der Waals surface area contributed by atoms with Crippen LogP contribution in [0.1, 0.15) is 18.0 Å². The molecule has 0 spiro atoms. The van der Waals surface area contributed by atoms with Crippen molar-refractivity contribution in [1.29, 1.82) is 0 Å². The molecule has 1 aromatic carbocycles. The van der Waals surface area contributed by atoms with Gasteiger partial charge in [-0.25, -0.2) is 8.42 Å². The summed E-state index contributed by atoms with van der Waals surface area (Å²) in [5.74, 6) is 0.229. The van der Waals surface area contributed by atoms with Crippen molar-refractivity contribution in [2.75, 3.05) is 12.8 Å². The molecule has 0 fully saturated rings. The highest BCUT2D eigenvalue weighted by Crippen LogP contribution is 2.33. The molecule has 0 saturated heterocycles. The van der Waals surface area contributed by atoms with Crippen LogP contribution >= 0.6 is 15.9 Å². The topological polar surface area (TPSA) is 46.2 Å². The Morgan fingerprint density at radius 2 is 2.20 bits per heavy atom. The van der Waals surface area contributed by atoms with E-state index in [0.29, 0.717) is 11.3 Å². The Labute approximate surface area is 97.9 Å². The molecule has 1 aromatic rings. The van der Waals surface area contributed by atoms with Crippen LogP contribution in [0.3, 0.4) is 0 Å². The molecule has 3 nitrogen and oxygen atoms in total. The van der Waals surface area contributed by atoms with Crippen molar-refractivity contribution in [2.45, 2.75) is 17.4 Å². The van der Waals surface area contributed by atoms with Crippen LogP contribution in [0.4, 0.5) is 0 Å². The average Bonchev–Trinajstić information content (AvgIpc) is 2.17. The number of sulfone groups is 1. The zero-order valence-corrected chi connectivity index (χ0v) is 10.7. The summed E-state index contributed by atoms with van der Waals surface area (Å²) in [5, 5.41) is 3.14. The first-order valence-corrected chi connectivity index (χ1v) is 7.18. The minimum atomic E-state index is -3.06. The number of halogens is 1. The standard InChI is InChI=1S/C10H12BrNO2S/c1-12-9-4-5-15(13,14)10-3-2-7(11)6-8(9)10/h2-3,6,9,12H,4-5H2,1H3/t9-/m0/s1. The van der Waals surface area contributed by atoms with Gasteiger partial charge in [-0.05, 0) is 37.2 Å². The van der Waals surface area contributed by atoms with Crippen molar-refractivity contribution in [1.82, 2.24) is 5.32 Å². The molecule has 0 saturated carbocycles. The maximum absolute atomic E-state index is 11.8. The molecule has 82 valence electrons. The zero-order chi connectivity index (χ0) is 11.1. The van der Waals surface area contributed by atoms with Gasteiger partial charge in [0.05, 0.1) is 10.6 Å². The Bertz CT molecular complexity index is 484. The van der Waals surface area contributed by atoms with Gasteiger partial charge in [0.25, 0.3) is 0 Å². The summed E-state index contributed by atoms with van der Waals surface area (Å²) in [6, 6.07) is 5.47. The lowest BCUT2D eigenvalue weighted by Crippen LogP contribution is -2.27. The van der Waals surface area contributed by atoms with Gasteiger partial charge in [-0.1, -0.05) is 15.9 Å². The summed E-state index contributed by atoms with van der Waals surface area (Å²) >= 11 is 3.36. The zero-order valence-electron chi connectivity index (χ0n) is 8.33. The van der Waals surface area contributed by atoms with E-state index in [4.69, 9.17) is 0 Å². The molecule has 0 aliphatic carbocycles. The lowest BCUT2D eigenvalue weighted by atomic mass is 10.0. The van der Waals surface area contributed by atoms with Crippen LogP contribution in [-0.2, 0) is 9.84 Å². The molecule has 1 aliphatic heterocycles. The molecule has 1 aliphatic rings. The summed E-state index contributed by atoms with van der Waals surface area (Å²) in [6.07, 6.45) is 0.641. The lowest BCUT2D eigenvalue weighted by molar-refractivity contribution is 0.528. The van der Waals surface area contributed by atoms with Crippen LogP contribution < -0.4 is 5.32 Å². The van der Waals surface area contributed by atoms with E-state index in [9.17, 15) is 8.42 Å². The maximum Gasteiger partial charge on any atom is 0.178 e. The molecular weight excluding hydrogens is 278 g/mol. The van der Waals surface area contributed by atoms with Crippen molar-refractivity contribution in [3.63, 3.8) is 0 Å². The third-order valence-electron chi connectivity index (χ3n) is 2.71. The van der Waals surface area contributed by atoms with Crippen LogP contribution in [0.2, 0.25) is 0 Å². The summed E-state index contributed by atoms with van der Waals surface area (Å²) in [5.41, 5.74) is 0.873. The molecule has 0 bridgehead atoms. The molecule has 15 heavy (non-hydrogen) atoms. The second-order valence-electron chi connectivity index (χ2n) is 3.63. The second-order valence-corrected chi connectivity index (χ2v) is 6.62. The van der Waals surface area contributed by atoms with E-state index in [0.717, 1.165) is 10.0 Å². The van der Waals surface area contributed by atoms with Gasteiger partial charge in [0, 0.05) is 10.5 Å². The predicted molar refractivity (Wildman–Crippen MR) is 62.6 cm³/mol. The minimum Gasteiger partial charge on any atom is -0.313 e. The van der Waals surface area contributed by atoms with E-state index in [2.05, 4.69) is 21.2 Å². The first kappa shape index (κ1) is 11.1. The van der Waals surface area contributed by atoms with E-state index < -0.39 is 9.84 Å². The smallest absolute Gasteiger partial charge is 0.178 e. The van der Waals surface area contributed by atoms with Crippen LogP contribution in [0.15, 0.2) is 27.6 Å². The van der Waals surface area contributed by atoms with Crippen LogP contribution in [0.5, 0.6) is 0 Å². The first-order valence-electron chi connectivity index (χ1n) is 4.74. The summed E-state index contributed by atoms with van der Waals surface area (Å²) < 4.78 is 24.5. The number of hydrogen-bond acceptors (Lipinski definition) is 3. The van der Waals surface area contributed by atoms with Gasteiger partial charge < -0.3 is 5.32 Å². The van der Waals surface area contributed by atoms with E-state index in [1.54, 1.807) is 12.1 Å². The van der Waals surface area contributed by atoms with Crippen molar-refractivity contribution < 1.29 is 8.42 Å². The van der Waals surface area contributed by atoms with Gasteiger partial charge in [0.1, 0.15) is 0 Å². The fraction of sp³-hybridized carbons (Fsp3) is 0.400. The van der Waals surface area contributed by atoms with Gasteiger partial charge in [-0.2, -0.15) is 0 Å². The number of fused-ring (bicyclic) bond motifs is 1. The molecule has 0 unspecified atom stereocenters. The summed E-state index contributed by atoms with van der Waals surface area (Å²) in [7, 11) is -1.21. The van der Waals surface area contributed by atoms with E-state index in [1.165, 1.54) is 0 Å². The van der Waals surface area contributed by atoms with Crippen molar-refractivity contribution in [2.24, 2.45) is 0 Å². The number of rotatable bonds is 1. The molecule has 1 heterocycles. The maximum atomic E-state index is 11.8. The third kappa shape index (κ3) is 1.96. The normalized spacial score (nSPS) is 23.5. The number of hydrogen-bond donors (Lipinski definition) is 1. The quantitative estimate of drug-likeness (QED) is 0.859. The Morgan fingerprint density at radius 1 is 1.47 bits per heavy atom. The molecule has 1 atom stereocenters. The second kappa shape index (κ2) is 3.88. The molecule has 5 heteroatoms. The van der Waals surface area contributed by atoms with Gasteiger partial charge in [-0.15, -0.1) is 0 Å². The van der Waals surface area contributed by atoms with Crippen LogP contribution in [0, 0.1) is 0 Å². The molecule has 0 aromatic heterocycles. The first-order chi connectivity index (χ1) is 7.04. The minimum absolute atomic E-state index is 0.140. The van der Waals surface area contributed by atoms with Gasteiger partial charge in [-0.3, -0.25) is 0 Å². The highest BCUT2D eigenvalue weighted by atomic mass is 79.9. The summed E-state index contributed by atoms with van der Waals surface area (Å²) in [6.45, 7) is 0. The van der Waals surface area contributed by atoms with Crippen molar-refractivity contribution >= 4 is 25.8 Å². The van der Waals surface area contributed by atoms with Crippen LogP contribution in [0.25, 0.3) is 0 Å². The molecule has 0 radical (unpaired) electrons. The average molecular weight is 290 g/mol. The van der Waals surface area contributed by atoms with Crippen molar-refractivity contribution in [3.8, 4) is 0 Å². The highest BCUT2D eigenvalue weighted by Gasteiger charge is 2.29. The van der Waals surface area contributed by atoms with Gasteiger partial charge >= 0.3 is 0 Å². The molecule has 2 rings (SSSR count). The third-order valence-corrected chi connectivity index (χ3v) is 5.01. The molecular formula is C10H12BrNO2S. The fourth-order valence-electron chi connectivity index (χ4n) is 1.91. The Hall–Kier alpha value is -0.390. The lowest BCUT2D eigenvalue weighted by Gasteiger charge is -2.25. The Morgan fingerprint density at radius 3 is 2.87 bits per heavy atom. The Kier molecular flexibility index (Phi) is 2.87. The van der Waals surface area contributed by atoms with Gasteiger partial charge in [0.2, 0.25) is 0 Å². The van der Waals surface area contributed by atoms with E-state index in [1.807, 2.05) is 13.1 Å². The largest absolute Gasteiger partial charge is 0.313 e. The monoisotopic (exact) mass is 289 g/mol. The summed E-state index contributed by atoms with van der Waals surface area (Å²) in [4.78, 5) is 0.469. The van der Waals surface area contributed by atoms with Crippen molar-refractivity contribution in [3.05, 3.63) is 28.2 Å². The highest BCUT2D eigenvalue weighted by molar-refractivity contribution is 9.10. The van der Waals surface area contributed by atoms with Crippen LogP contribution in [-0.4, -0.2) is 21.2 Å². The van der Waals surface area contributed by atoms with Gasteiger partial charge in [0.15, 0.2) is 9.84 Å².